The summed E-state index contributed by atoms with van der Waals surface area (Å²) in [7, 11) is 0. The van der Waals surface area contributed by atoms with Gasteiger partial charge in [-0.15, -0.1) is 0 Å². The van der Waals surface area contributed by atoms with Crippen LogP contribution in [0.1, 0.15) is 23.6 Å². The number of nitrogens with zero attached hydrogens (tertiary/aromatic N) is 1. The first-order chi connectivity index (χ1) is 12.5. The molecular formula is C20H17NO5. The Labute approximate surface area is 150 Å². The number of carbonyl (C=O) groups is 3. The maximum Gasteiger partial charge on any atom is 0.305 e. The predicted molar refractivity (Wildman–Crippen MR) is 94.1 cm³/mol. The number of rotatable bonds is 5. The van der Waals surface area contributed by atoms with Gasteiger partial charge in [0.05, 0.1) is 18.0 Å². The number of aliphatic hydroxyl groups is 1. The van der Waals surface area contributed by atoms with Crippen molar-refractivity contribution in [2.45, 2.75) is 12.5 Å². The number of likely N-dealkylation sites (tertiary alicyclic amines) is 1. The summed E-state index contributed by atoms with van der Waals surface area (Å²) >= 11 is 0. The number of aliphatic carboxylic acids is 1. The van der Waals surface area contributed by atoms with Crippen molar-refractivity contribution in [1.29, 1.82) is 0 Å². The second-order valence-corrected chi connectivity index (χ2v) is 5.91. The number of Topliss-reactive ketones (excluding diaryl/α,β-unsaturated/α-hetero) is 1. The van der Waals surface area contributed by atoms with Gasteiger partial charge in [-0.3, -0.25) is 14.4 Å². The first-order valence-electron chi connectivity index (χ1n) is 8.11. The summed E-state index contributed by atoms with van der Waals surface area (Å²) in [6, 6.07) is 16.5. The number of ketones is 1. The zero-order chi connectivity index (χ0) is 18.7. The van der Waals surface area contributed by atoms with E-state index in [0.717, 1.165) is 0 Å². The van der Waals surface area contributed by atoms with Gasteiger partial charge in [-0.05, 0) is 5.56 Å². The van der Waals surface area contributed by atoms with Crippen LogP contribution in [0.2, 0.25) is 0 Å². The minimum atomic E-state index is -1.07. The molecule has 0 radical (unpaired) electrons. The van der Waals surface area contributed by atoms with Crippen LogP contribution in [0.3, 0.4) is 0 Å². The minimum absolute atomic E-state index is 0.0298. The molecular weight excluding hydrogens is 334 g/mol. The molecule has 0 saturated carbocycles. The molecule has 1 aliphatic heterocycles. The van der Waals surface area contributed by atoms with E-state index in [9.17, 15) is 19.5 Å². The molecule has 2 aromatic rings. The van der Waals surface area contributed by atoms with Crippen LogP contribution < -0.4 is 0 Å². The molecule has 1 atom stereocenters. The van der Waals surface area contributed by atoms with Crippen molar-refractivity contribution >= 4 is 23.4 Å². The zero-order valence-electron chi connectivity index (χ0n) is 13.8. The molecule has 1 amide bonds. The van der Waals surface area contributed by atoms with E-state index >= 15 is 0 Å². The molecule has 1 aliphatic rings. The maximum atomic E-state index is 12.6. The second kappa shape index (κ2) is 7.23. The topological polar surface area (TPSA) is 94.9 Å². The van der Waals surface area contributed by atoms with Gasteiger partial charge in [-0.25, -0.2) is 0 Å². The SMILES string of the molecule is O=C(O)CCN1C(=O)C(=O)C(=C(O)c2ccccc2)C1c1ccccc1. The number of carbonyl (C=O) groups excluding carboxylic acids is 2. The van der Waals surface area contributed by atoms with Gasteiger partial charge in [0, 0.05) is 12.1 Å². The molecule has 0 spiro atoms. The fraction of sp³-hybridized carbons (Fsp3) is 0.150. The molecule has 132 valence electrons. The van der Waals surface area contributed by atoms with Gasteiger partial charge in [-0.1, -0.05) is 60.7 Å². The summed E-state index contributed by atoms with van der Waals surface area (Å²) in [4.78, 5) is 37.2. The normalized spacial score (nSPS) is 18.9. The number of aliphatic hydroxyl groups excluding tert-OH is 1. The van der Waals surface area contributed by atoms with Gasteiger partial charge < -0.3 is 15.1 Å². The summed E-state index contributed by atoms with van der Waals surface area (Å²) < 4.78 is 0. The Hall–Kier alpha value is -3.41. The van der Waals surface area contributed by atoms with E-state index in [1.807, 2.05) is 0 Å². The van der Waals surface area contributed by atoms with E-state index in [0.29, 0.717) is 11.1 Å². The van der Waals surface area contributed by atoms with E-state index in [1.165, 1.54) is 4.90 Å². The highest BCUT2D eigenvalue weighted by Crippen LogP contribution is 2.39. The Morgan fingerprint density at radius 2 is 1.50 bits per heavy atom. The number of carboxylic acid groups (broad SMARTS) is 1. The predicted octanol–water partition coefficient (Wildman–Crippen LogP) is 2.58. The Bertz CT molecular complexity index is 874. The largest absolute Gasteiger partial charge is 0.507 e. The lowest BCUT2D eigenvalue weighted by atomic mass is 9.95. The molecule has 1 saturated heterocycles. The van der Waals surface area contributed by atoms with Gasteiger partial charge in [0.2, 0.25) is 0 Å². The number of hydrogen-bond acceptors (Lipinski definition) is 4. The van der Waals surface area contributed by atoms with Crippen molar-refractivity contribution in [1.82, 2.24) is 4.90 Å². The lowest BCUT2D eigenvalue weighted by Gasteiger charge is -2.24. The molecule has 26 heavy (non-hydrogen) atoms. The van der Waals surface area contributed by atoms with E-state index < -0.39 is 23.7 Å². The molecule has 1 heterocycles. The molecule has 2 N–H and O–H groups in total. The van der Waals surface area contributed by atoms with Gasteiger partial charge in [0.25, 0.3) is 11.7 Å². The number of carboxylic acids is 1. The highest BCUT2D eigenvalue weighted by atomic mass is 16.4. The smallest absolute Gasteiger partial charge is 0.305 e. The van der Waals surface area contributed by atoms with Gasteiger partial charge in [-0.2, -0.15) is 0 Å². The van der Waals surface area contributed by atoms with Crippen molar-refractivity contribution < 1.29 is 24.6 Å². The molecule has 0 aromatic heterocycles. The van der Waals surface area contributed by atoms with Crippen LogP contribution >= 0.6 is 0 Å². The Kier molecular flexibility index (Phi) is 4.84. The molecule has 1 unspecified atom stereocenters. The van der Waals surface area contributed by atoms with Gasteiger partial charge >= 0.3 is 5.97 Å². The van der Waals surface area contributed by atoms with E-state index in [1.54, 1.807) is 60.7 Å². The highest BCUT2D eigenvalue weighted by molar-refractivity contribution is 6.46. The van der Waals surface area contributed by atoms with Crippen molar-refractivity contribution in [3.05, 3.63) is 77.4 Å². The average molecular weight is 351 g/mol. The van der Waals surface area contributed by atoms with Gasteiger partial charge in [0.15, 0.2) is 0 Å². The first-order valence-corrected chi connectivity index (χ1v) is 8.11. The van der Waals surface area contributed by atoms with Crippen LogP contribution in [0, 0.1) is 0 Å². The van der Waals surface area contributed by atoms with Gasteiger partial charge in [0.1, 0.15) is 5.76 Å². The third-order valence-electron chi connectivity index (χ3n) is 4.27. The van der Waals surface area contributed by atoms with Crippen LogP contribution in [-0.2, 0) is 14.4 Å². The van der Waals surface area contributed by atoms with Crippen LogP contribution in [0.4, 0.5) is 0 Å². The second-order valence-electron chi connectivity index (χ2n) is 5.91. The number of amides is 1. The molecule has 0 aliphatic carbocycles. The monoisotopic (exact) mass is 351 g/mol. The summed E-state index contributed by atoms with van der Waals surface area (Å²) in [6.45, 7) is -0.120. The van der Waals surface area contributed by atoms with Crippen molar-refractivity contribution in [2.75, 3.05) is 6.54 Å². The molecule has 6 nitrogen and oxygen atoms in total. The molecule has 1 fully saturated rings. The third kappa shape index (κ3) is 3.21. The number of benzene rings is 2. The van der Waals surface area contributed by atoms with Crippen LogP contribution in [0.5, 0.6) is 0 Å². The lowest BCUT2D eigenvalue weighted by Crippen LogP contribution is -2.31. The summed E-state index contributed by atoms with van der Waals surface area (Å²) in [5, 5.41) is 19.7. The Morgan fingerprint density at radius 1 is 0.923 bits per heavy atom. The molecule has 6 heteroatoms. The standard InChI is InChI=1S/C20H17NO5/c22-15(23)11-12-21-17(13-7-3-1-4-8-13)16(19(25)20(21)26)18(24)14-9-5-2-6-10-14/h1-10,17,24H,11-12H2,(H,22,23). The van der Waals surface area contributed by atoms with E-state index in [2.05, 4.69) is 0 Å². The van der Waals surface area contributed by atoms with Crippen LogP contribution in [-0.4, -0.2) is 39.3 Å². The van der Waals surface area contributed by atoms with Crippen molar-refractivity contribution in [2.24, 2.45) is 0 Å². The fourth-order valence-corrected chi connectivity index (χ4v) is 3.06. The lowest BCUT2D eigenvalue weighted by molar-refractivity contribution is -0.142. The molecule has 0 bridgehead atoms. The average Bonchev–Trinajstić information content (AvgIpc) is 2.91. The minimum Gasteiger partial charge on any atom is -0.507 e. The first kappa shape index (κ1) is 17.4. The van der Waals surface area contributed by atoms with Crippen molar-refractivity contribution in [3.63, 3.8) is 0 Å². The van der Waals surface area contributed by atoms with Crippen LogP contribution in [0.15, 0.2) is 66.2 Å². The highest BCUT2D eigenvalue weighted by Gasteiger charge is 2.45. The fourth-order valence-electron chi connectivity index (χ4n) is 3.06. The van der Waals surface area contributed by atoms with Crippen molar-refractivity contribution in [3.8, 4) is 0 Å². The molecule has 3 rings (SSSR count). The molecule has 2 aromatic carbocycles. The Balaban J connectivity index is 2.13. The summed E-state index contributed by atoms with van der Waals surface area (Å²) in [5.41, 5.74) is 1.03. The number of hydrogen-bond donors (Lipinski definition) is 2. The third-order valence-corrected chi connectivity index (χ3v) is 4.27. The summed E-state index contributed by atoms with van der Waals surface area (Å²) in [6.07, 6.45) is -0.290. The zero-order valence-corrected chi connectivity index (χ0v) is 13.8. The van der Waals surface area contributed by atoms with Crippen LogP contribution in [0.25, 0.3) is 5.76 Å². The Morgan fingerprint density at radius 3 is 2.08 bits per heavy atom. The van der Waals surface area contributed by atoms with E-state index in [4.69, 9.17) is 5.11 Å². The van der Waals surface area contributed by atoms with E-state index in [-0.39, 0.29) is 24.3 Å². The maximum absolute atomic E-state index is 12.6. The summed E-state index contributed by atoms with van der Waals surface area (Å²) in [5.74, 6) is -2.96. The quantitative estimate of drug-likeness (QED) is 0.490.